The van der Waals surface area contributed by atoms with Crippen LogP contribution < -0.4 is 4.90 Å². The molecular weight excluding hydrogens is 466 g/mol. The van der Waals surface area contributed by atoms with Crippen LogP contribution in [-0.4, -0.2) is 0 Å². The largest absolute Gasteiger partial charge is 0.310 e. The highest BCUT2D eigenvalue weighted by Gasteiger charge is 2.15. The van der Waals surface area contributed by atoms with Crippen LogP contribution in [-0.2, 0) is 0 Å². The minimum absolute atomic E-state index is 0.732. The maximum Gasteiger partial charge on any atom is 0.0540 e. The predicted molar refractivity (Wildman–Crippen MR) is 137 cm³/mol. The summed E-state index contributed by atoms with van der Waals surface area (Å²) in [5.74, 6) is 0. The quantitative estimate of drug-likeness (QED) is 0.245. The lowest BCUT2D eigenvalue weighted by molar-refractivity contribution is 1.30. The fourth-order valence-electron chi connectivity index (χ4n) is 3.92. The molecule has 0 radical (unpaired) electrons. The van der Waals surface area contributed by atoms with Gasteiger partial charge in [0.25, 0.3) is 0 Å². The molecule has 0 fully saturated rings. The van der Waals surface area contributed by atoms with Gasteiger partial charge in [-0.1, -0.05) is 100 Å². The van der Waals surface area contributed by atoms with Crippen LogP contribution in [0.2, 0.25) is 5.02 Å². The molecule has 0 bridgehead atoms. The van der Waals surface area contributed by atoms with E-state index in [4.69, 9.17) is 11.6 Å². The zero-order valence-electron chi connectivity index (χ0n) is 16.7. The smallest absolute Gasteiger partial charge is 0.0540 e. The monoisotopic (exact) mass is 483 g/mol. The van der Waals surface area contributed by atoms with Crippen LogP contribution in [0.4, 0.5) is 17.1 Å². The van der Waals surface area contributed by atoms with Crippen molar-refractivity contribution in [3.05, 3.63) is 125 Å². The average molecular weight is 485 g/mol. The molecular formula is C28H19BrClN. The van der Waals surface area contributed by atoms with Gasteiger partial charge in [-0.05, 0) is 53.4 Å². The Labute approximate surface area is 195 Å². The van der Waals surface area contributed by atoms with Gasteiger partial charge in [-0.3, -0.25) is 0 Å². The van der Waals surface area contributed by atoms with E-state index in [0.717, 1.165) is 37.7 Å². The van der Waals surface area contributed by atoms with E-state index in [1.165, 1.54) is 10.8 Å². The van der Waals surface area contributed by atoms with E-state index in [2.05, 4.69) is 112 Å². The van der Waals surface area contributed by atoms with E-state index in [0.29, 0.717) is 0 Å². The second-order valence-corrected chi connectivity index (χ2v) is 8.66. The van der Waals surface area contributed by atoms with Gasteiger partial charge in [0, 0.05) is 31.8 Å². The minimum Gasteiger partial charge on any atom is -0.310 e. The number of para-hydroxylation sites is 1. The molecule has 150 valence electrons. The molecule has 0 aromatic heterocycles. The third kappa shape index (κ3) is 3.97. The molecule has 0 unspecified atom stereocenters. The second kappa shape index (κ2) is 8.58. The number of anilines is 3. The van der Waals surface area contributed by atoms with E-state index in [1.54, 1.807) is 0 Å². The van der Waals surface area contributed by atoms with Gasteiger partial charge in [-0.25, -0.2) is 0 Å². The number of fused-ring (bicyclic) bond motifs is 1. The Morgan fingerprint density at radius 3 is 2.06 bits per heavy atom. The van der Waals surface area contributed by atoms with Crippen molar-refractivity contribution < 1.29 is 0 Å². The number of rotatable bonds is 4. The molecule has 3 heteroatoms. The molecule has 0 atom stereocenters. The van der Waals surface area contributed by atoms with Crippen molar-refractivity contribution in [2.24, 2.45) is 0 Å². The van der Waals surface area contributed by atoms with E-state index < -0.39 is 0 Å². The first-order valence-corrected chi connectivity index (χ1v) is 11.3. The molecule has 5 rings (SSSR count). The van der Waals surface area contributed by atoms with Crippen molar-refractivity contribution in [3.8, 4) is 11.1 Å². The van der Waals surface area contributed by atoms with E-state index in [9.17, 15) is 0 Å². The van der Waals surface area contributed by atoms with Gasteiger partial charge in [-0.15, -0.1) is 0 Å². The molecule has 0 spiro atoms. The SMILES string of the molecule is Clc1cc(Br)ccc1-c1ccc(N(c2ccccc2)c2cccc3ccccc23)cc1. The summed E-state index contributed by atoms with van der Waals surface area (Å²) in [5, 5.41) is 3.17. The molecule has 5 aromatic rings. The maximum atomic E-state index is 6.48. The first-order valence-electron chi connectivity index (χ1n) is 10.1. The molecule has 0 saturated heterocycles. The average Bonchev–Trinajstić information content (AvgIpc) is 2.81. The van der Waals surface area contributed by atoms with Gasteiger partial charge < -0.3 is 4.90 Å². The zero-order chi connectivity index (χ0) is 21.2. The lowest BCUT2D eigenvalue weighted by Gasteiger charge is -2.27. The third-order valence-electron chi connectivity index (χ3n) is 5.39. The molecule has 5 aromatic carbocycles. The number of hydrogen-bond donors (Lipinski definition) is 0. The van der Waals surface area contributed by atoms with Gasteiger partial charge in [0.1, 0.15) is 0 Å². The van der Waals surface area contributed by atoms with Crippen LogP contribution in [0.15, 0.2) is 120 Å². The first kappa shape index (κ1) is 19.9. The summed E-state index contributed by atoms with van der Waals surface area (Å²) in [6, 6.07) is 40.0. The van der Waals surface area contributed by atoms with Gasteiger partial charge in [0.2, 0.25) is 0 Å². The summed E-state index contributed by atoms with van der Waals surface area (Å²) in [5.41, 5.74) is 5.48. The molecule has 0 aliphatic rings. The van der Waals surface area contributed by atoms with E-state index in [-0.39, 0.29) is 0 Å². The van der Waals surface area contributed by atoms with Crippen LogP contribution in [0, 0.1) is 0 Å². The Hall–Kier alpha value is -3.07. The molecule has 0 heterocycles. The standard InChI is InChI=1S/C28H19BrClN/c29-22-15-18-25(27(30)19-22)21-13-16-24(17-14-21)31(23-9-2-1-3-10-23)28-12-6-8-20-7-4-5-11-26(20)28/h1-19H. The fourth-order valence-corrected chi connectivity index (χ4v) is 4.70. The number of hydrogen-bond acceptors (Lipinski definition) is 1. The highest BCUT2D eigenvalue weighted by Crippen LogP contribution is 2.39. The van der Waals surface area contributed by atoms with Gasteiger partial charge in [-0.2, -0.15) is 0 Å². The third-order valence-corrected chi connectivity index (χ3v) is 6.20. The molecule has 0 aliphatic carbocycles. The summed E-state index contributed by atoms with van der Waals surface area (Å²) in [4.78, 5) is 2.30. The molecule has 1 nitrogen and oxygen atoms in total. The van der Waals surface area contributed by atoms with Crippen molar-refractivity contribution in [3.63, 3.8) is 0 Å². The Bertz CT molecular complexity index is 1340. The fraction of sp³-hybridized carbons (Fsp3) is 0. The molecule has 0 N–H and O–H groups in total. The van der Waals surface area contributed by atoms with E-state index >= 15 is 0 Å². The van der Waals surface area contributed by atoms with Crippen LogP contribution in [0.5, 0.6) is 0 Å². The molecule has 0 amide bonds. The second-order valence-electron chi connectivity index (χ2n) is 7.34. The summed E-state index contributed by atoms with van der Waals surface area (Å²) >= 11 is 9.96. The van der Waals surface area contributed by atoms with Gasteiger partial charge >= 0.3 is 0 Å². The molecule has 31 heavy (non-hydrogen) atoms. The lowest BCUT2D eigenvalue weighted by atomic mass is 10.0. The van der Waals surface area contributed by atoms with Crippen molar-refractivity contribution in [1.29, 1.82) is 0 Å². The summed E-state index contributed by atoms with van der Waals surface area (Å²) < 4.78 is 0.976. The zero-order valence-corrected chi connectivity index (χ0v) is 19.0. The lowest BCUT2D eigenvalue weighted by Crippen LogP contribution is -2.10. The minimum atomic E-state index is 0.732. The Morgan fingerprint density at radius 1 is 0.613 bits per heavy atom. The van der Waals surface area contributed by atoms with Crippen LogP contribution in [0.1, 0.15) is 0 Å². The molecule has 0 saturated carbocycles. The topological polar surface area (TPSA) is 3.24 Å². The Morgan fingerprint density at radius 2 is 1.29 bits per heavy atom. The number of benzene rings is 5. The highest BCUT2D eigenvalue weighted by molar-refractivity contribution is 9.10. The molecule has 0 aliphatic heterocycles. The Balaban J connectivity index is 1.64. The van der Waals surface area contributed by atoms with Crippen LogP contribution in [0.3, 0.4) is 0 Å². The Kier molecular flexibility index (Phi) is 5.50. The maximum absolute atomic E-state index is 6.48. The van der Waals surface area contributed by atoms with Gasteiger partial charge in [0.05, 0.1) is 5.69 Å². The van der Waals surface area contributed by atoms with Crippen molar-refractivity contribution >= 4 is 55.4 Å². The number of halogens is 2. The normalized spacial score (nSPS) is 10.9. The van der Waals surface area contributed by atoms with Gasteiger partial charge in [0.15, 0.2) is 0 Å². The van der Waals surface area contributed by atoms with Crippen molar-refractivity contribution in [2.75, 3.05) is 4.90 Å². The summed E-state index contributed by atoms with van der Waals surface area (Å²) in [7, 11) is 0. The summed E-state index contributed by atoms with van der Waals surface area (Å²) in [6.45, 7) is 0. The van der Waals surface area contributed by atoms with Crippen LogP contribution in [0.25, 0.3) is 21.9 Å². The van der Waals surface area contributed by atoms with Crippen LogP contribution >= 0.6 is 27.5 Å². The number of nitrogens with zero attached hydrogens (tertiary/aromatic N) is 1. The first-order chi connectivity index (χ1) is 15.2. The van der Waals surface area contributed by atoms with Crippen molar-refractivity contribution in [2.45, 2.75) is 0 Å². The summed E-state index contributed by atoms with van der Waals surface area (Å²) in [6.07, 6.45) is 0. The highest BCUT2D eigenvalue weighted by atomic mass is 79.9. The predicted octanol–water partition coefficient (Wildman–Crippen LogP) is 9.39. The van der Waals surface area contributed by atoms with E-state index in [1.807, 2.05) is 24.3 Å². The van der Waals surface area contributed by atoms with Crippen molar-refractivity contribution in [1.82, 2.24) is 0 Å².